The number of fused-ring (bicyclic) bond motifs is 2. The Balaban J connectivity index is 1.28. The van der Waals surface area contributed by atoms with Crippen molar-refractivity contribution in [3.05, 3.63) is 95.4 Å². The second kappa shape index (κ2) is 10.3. The van der Waals surface area contributed by atoms with E-state index in [2.05, 4.69) is 4.98 Å². The number of aromatic nitrogens is 1. The van der Waals surface area contributed by atoms with Crippen molar-refractivity contribution < 1.29 is 40.6 Å². The summed E-state index contributed by atoms with van der Waals surface area (Å²) in [5.74, 6) is -0.0336. The summed E-state index contributed by atoms with van der Waals surface area (Å²) in [5, 5.41) is 11.5. The van der Waals surface area contributed by atoms with Crippen LogP contribution in [0.25, 0.3) is 10.9 Å². The number of hydrogen-bond donors (Lipinski definition) is 2. The third-order valence-corrected chi connectivity index (χ3v) is 7.40. The standard InChI is InChI=1S/C27H22F4N2O5S/c28-23-12-19(32-24-7-2-1-6-21(23)24)15-37-20-8-9-25-22(13-20)26(34)17(14-38-25)10-16-4-3-5-18(11-16)33-39(35,36)27(29,30)31/h1-9,11-13,17,26,33-34H,10,14-15H2/t17-,26-/m0/s1. The van der Waals surface area contributed by atoms with Crippen LogP contribution in [0.15, 0.2) is 72.8 Å². The first-order valence-corrected chi connectivity index (χ1v) is 13.3. The van der Waals surface area contributed by atoms with Gasteiger partial charge in [-0.25, -0.2) is 9.37 Å². The zero-order valence-corrected chi connectivity index (χ0v) is 21.0. The Morgan fingerprint density at radius 2 is 1.85 bits per heavy atom. The lowest BCUT2D eigenvalue weighted by atomic mass is 9.88. The number of hydrogen-bond acceptors (Lipinski definition) is 6. The highest BCUT2D eigenvalue weighted by Crippen LogP contribution is 2.39. The van der Waals surface area contributed by atoms with Gasteiger partial charge >= 0.3 is 15.5 Å². The maximum atomic E-state index is 14.4. The lowest BCUT2D eigenvalue weighted by molar-refractivity contribution is -0.0429. The predicted molar refractivity (Wildman–Crippen MR) is 135 cm³/mol. The molecule has 2 atom stereocenters. The smallest absolute Gasteiger partial charge is 0.493 e. The van der Waals surface area contributed by atoms with Crippen molar-refractivity contribution in [3.63, 3.8) is 0 Å². The van der Waals surface area contributed by atoms with Gasteiger partial charge in [-0.15, -0.1) is 0 Å². The number of ether oxygens (including phenoxy) is 2. The van der Waals surface area contributed by atoms with E-state index < -0.39 is 33.4 Å². The largest absolute Gasteiger partial charge is 0.516 e. The molecule has 5 rings (SSSR count). The van der Waals surface area contributed by atoms with Gasteiger partial charge in [0.15, 0.2) is 0 Å². The first-order chi connectivity index (χ1) is 18.5. The average molecular weight is 563 g/mol. The lowest BCUT2D eigenvalue weighted by Crippen LogP contribution is -2.30. The van der Waals surface area contributed by atoms with Crippen LogP contribution in [0.2, 0.25) is 0 Å². The third-order valence-electron chi connectivity index (χ3n) is 6.29. The van der Waals surface area contributed by atoms with Crippen LogP contribution in [0.3, 0.4) is 0 Å². The molecule has 2 N–H and O–H groups in total. The number of para-hydroxylation sites is 1. The van der Waals surface area contributed by atoms with Gasteiger partial charge in [-0.2, -0.15) is 21.6 Å². The van der Waals surface area contributed by atoms with Gasteiger partial charge in [0.05, 0.1) is 23.9 Å². The van der Waals surface area contributed by atoms with E-state index in [0.29, 0.717) is 39.2 Å². The number of nitrogens with one attached hydrogen (secondary N) is 1. The molecule has 0 aliphatic carbocycles. The number of sulfonamides is 1. The summed E-state index contributed by atoms with van der Waals surface area (Å²) in [6, 6.07) is 18.6. The van der Waals surface area contributed by atoms with Gasteiger partial charge in [0.1, 0.15) is 23.9 Å². The van der Waals surface area contributed by atoms with E-state index in [4.69, 9.17) is 9.47 Å². The van der Waals surface area contributed by atoms with Crippen LogP contribution < -0.4 is 14.2 Å². The Kier molecular flexibility index (Phi) is 7.08. The molecule has 0 amide bonds. The number of anilines is 1. The SMILES string of the molecule is O=S(=O)(Nc1cccc(C[C@H]2COc3ccc(OCc4cc(F)c5ccccc5n4)cc3[C@H]2O)c1)C(F)(F)F. The van der Waals surface area contributed by atoms with E-state index in [1.54, 1.807) is 48.5 Å². The van der Waals surface area contributed by atoms with Crippen molar-refractivity contribution in [1.29, 1.82) is 0 Å². The van der Waals surface area contributed by atoms with E-state index in [0.717, 1.165) is 0 Å². The molecule has 204 valence electrons. The second-order valence-electron chi connectivity index (χ2n) is 9.07. The summed E-state index contributed by atoms with van der Waals surface area (Å²) in [6.07, 6.45) is -0.794. The summed E-state index contributed by atoms with van der Waals surface area (Å²) < 4.78 is 88.5. The van der Waals surface area contributed by atoms with Crippen LogP contribution in [-0.2, 0) is 23.1 Å². The monoisotopic (exact) mass is 562 g/mol. The molecule has 0 unspecified atom stereocenters. The zero-order valence-electron chi connectivity index (χ0n) is 20.2. The number of rotatable bonds is 7. The number of benzene rings is 3. The molecule has 39 heavy (non-hydrogen) atoms. The third kappa shape index (κ3) is 5.76. The van der Waals surface area contributed by atoms with Gasteiger partial charge in [0.25, 0.3) is 0 Å². The molecule has 7 nitrogen and oxygen atoms in total. The fourth-order valence-corrected chi connectivity index (χ4v) is 4.94. The average Bonchev–Trinajstić information content (AvgIpc) is 2.89. The zero-order chi connectivity index (χ0) is 27.8. The van der Waals surface area contributed by atoms with Gasteiger partial charge in [-0.1, -0.05) is 24.3 Å². The molecule has 1 aliphatic heterocycles. The Labute approximate surface area is 221 Å². The fourth-order valence-electron chi connectivity index (χ4n) is 4.38. The molecule has 4 aromatic rings. The van der Waals surface area contributed by atoms with E-state index in [1.807, 2.05) is 0 Å². The lowest BCUT2D eigenvalue weighted by Gasteiger charge is -2.30. The Hall–Kier alpha value is -3.90. The van der Waals surface area contributed by atoms with Crippen molar-refractivity contribution >= 4 is 26.6 Å². The predicted octanol–water partition coefficient (Wildman–Crippen LogP) is 5.50. The topological polar surface area (TPSA) is 97.8 Å². The number of aliphatic hydroxyl groups is 1. The molecule has 0 saturated carbocycles. The number of pyridine rings is 1. The number of alkyl halides is 3. The Bertz CT molecular complexity index is 1630. The minimum absolute atomic E-state index is 0.0124. The van der Waals surface area contributed by atoms with Crippen LogP contribution in [0.1, 0.15) is 22.9 Å². The summed E-state index contributed by atoms with van der Waals surface area (Å²) in [6.45, 7) is 0.120. The Morgan fingerprint density at radius 3 is 2.64 bits per heavy atom. The number of halogens is 4. The van der Waals surface area contributed by atoms with Crippen LogP contribution in [0.5, 0.6) is 11.5 Å². The highest BCUT2D eigenvalue weighted by atomic mass is 32.2. The molecule has 0 fully saturated rings. The summed E-state index contributed by atoms with van der Waals surface area (Å²) in [7, 11) is -5.56. The molecule has 0 spiro atoms. The van der Waals surface area contributed by atoms with Gasteiger partial charge in [-0.05, 0) is 60.5 Å². The molecular formula is C27H22F4N2O5S. The second-order valence-corrected chi connectivity index (χ2v) is 10.7. The first-order valence-electron chi connectivity index (χ1n) is 11.8. The number of aliphatic hydroxyl groups excluding tert-OH is 1. The van der Waals surface area contributed by atoms with Gasteiger partial charge in [0, 0.05) is 22.6 Å². The minimum atomic E-state index is -5.56. The van der Waals surface area contributed by atoms with Crippen molar-refractivity contribution in [3.8, 4) is 11.5 Å². The highest BCUT2D eigenvalue weighted by molar-refractivity contribution is 7.93. The quantitative estimate of drug-likeness (QED) is 0.289. The maximum Gasteiger partial charge on any atom is 0.516 e. The molecule has 0 radical (unpaired) electrons. The molecule has 1 aliphatic rings. The van der Waals surface area contributed by atoms with Gasteiger partial charge in [0.2, 0.25) is 0 Å². The molecule has 0 saturated heterocycles. The van der Waals surface area contributed by atoms with E-state index in [9.17, 15) is 31.1 Å². The van der Waals surface area contributed by atoms with Gasteiger partial charge < -0.3 is 14.6 Å². The Morgan fingerprint density at radius 1 is 1.05 bits per heavy atom. The molecular weight excluding hydrogens is 540 g/mol. The summed E-state index contributed by atoms with van der Waals surface area (Å²) in [4.78, 5) is 4.41. The van der Waals surface area contributed by atoms with Crippen molar-refractivity contribution in [2.24, 2.45) is 5.92 Å². The molecule has 2 heterocycles. The normalized spacial score (nSPS) is 17.4. The molecule has 0 bridgehead atoms. The summed E-state index contributed by atoms with van der Waals surface area (Å²) in [5.41, 5.74) is -3.84. The minimum Gasteiger partial charge on any atom is -0.493 e. The van der Waals surface area contributed by atoms with Crippen LogP contribution in [0, 0.1) is 11.7 Å². The van der Waals surface area contributed by atoms with E-state index in [1.165, 1.54) is 29.0 Å². The van der Waals surface area contributed by atoms with Crippen LogP contribution in [0.4, 0.5) is 23.2 Å². The van der Waals surface area contributed by atoms with Crippen molar-refractivity contribution in [1.82, 2.24) is 4.98 Å². The van der Waals surface area contributed by atoms with E-state index in [-0.39, 0.29) is 25.3 Å². The van der Waals surface area contributed by atoms with Crippen LogP contribution >= 0.6 is 0 Å². The fraction of sp³-hybridized carbons (Fsp3) is 0.222. The highest BCUT2D eigenvalue weighted by Gasteiger charge is 2.46. The molecule has 12 heteroatoms. The van der Waals surface area contributed by atoms with Crippen molar-refractivity contribution in [2.45, 2.75) is 24.6 Å². The maximum absolute atomic E-state index is 14.4. The molecule has 1 aromatic heterocycles. The van der Waals surface area contributed by atoms with Gasteiger partial charge in [-0.3, -0.25) is 4.72 Å². The van der Waals surface area contributed by atoms with Crippen molar-refractivity contribution in [2.75, 3.05) is 11.3 Å². The molecule has 3 aromatic carbocycles. The van der Waals surface area contributed by atoms with E-state index >= 15 is 0 Å². The summed E-state index contributed by atoms with van der Waals surface area (Å²) >= 11 is 0. The van der Waals surface area contributed by atoms with Crippen LogP contribution in [-0.4, -0.2) is 30.6 Å². The number of nitrogens with zero attached hydrogens (tertiary/aromatic N) is 1. The first kappa shape index (κ1) is 26.7.